The number of pyridine rings is 1. The molecule has 0 radical (unpaired) electrons. The molecule has 0 aliphatic rings. The van der Waals surface area contributed by atoms with E-state index < -0.39 is 11.7 Å². The third kappa shape index (κ3) is 3.45. The Morgan fingerprint density at radius 3 is 2.42 bits per heavy atom. The molecule has 0 spiro atoms. The molecule has 122 valence electrons. The molecule has 3 rings (SSSR count). The van der Waals surface area contributed by atoms with Crippen molar-refractivity contribution in [3.8, 4) is 5.82 Å². The number of hydrogen-bond acceptors (Lipinski definition) is 2. The lowest BCUT2D eigenvalue weighted by atomic mass is 10.1. The smallest absolute Gasteiger partial charge is 0.289 e. The molecule has 0 aliphatic heterocycles. The average Bonchev–Trinajstić information content (AvgIpc) is 2.94. The van der Waals surface area contributed by atoms with Gasteiger partial charge in [0.2, 0.25) is 0 Å². The Balaban J connectivity index is 1.82. The van der Waals surface area contributed by atoms with Crippen molar-refractivity contribution < 1.29 is 13.2 Å². The SMILES string of the molecule is O=c1cc(C=Cc2ccc(C(F)(F)F)cc2)[nH]n1-c1ccccn1. The fourth-order valence-electron chi connectivity index (χ4n) is 2.12. The molecule has 0 bridgehead atoms. The number of rotatable bonds is 3. The third-order valence-electron chi connectivity index (χ3n) is 3.31. The molecule has 0 saturated carbocycles. The van der Waals surface area contributed by atoms with Crippen LogP contribution in [0.5, 0.6) is 0 Å². The van der Waals surface area contributed by atoms with Crippen molar-refractivity contribution >= 4 is 12.2 Å². The summed E-state index contributed by atoms with van der Waals surface area (Å²) in [7, 11) is 0. The fourth-order valence-corrected chi connectivity index (χ4v) is 2.12. The van der Waals surface area contributed by atoms with Crippen LogP contribution in [0.15, 0.2) is 59.5 Å². The number of hydrogen-bond donors (Lipinski definition) is 1. The van der Waals surface area contributed by atoms with Crippen molar-refractivity contribution in [2.75, 3.05) is 0 Å². The summed E-state index contributed by atoms with van der Waals surface area (Å²) < 4.78 is 38.8. The molecule has 0 aliphatic carbocycles. The van der Waals surface area contributed by atoms with Gasteiger partial charge in [0, 0.05) is 12.3 Å². The first kappa shape index (κ1) is 15.8. The largest absolute Gasteiger partial charge is 0.416 e. The summed E-state index contributed by atoms with van der Waals surface area (Å²) >= 11 is 0. The van der Waals surface area contributed by atoms with Gasteiger partial charge in [0.15, 0.2) is 5.82 Å². The topological polar surface area (TPSA) is 50.7 Å². The van der Waals surface area contributed by atoms with Crippen molar-refractivity contribution in [1.29, 1.82) is 0 Å². The van der Waals surface area contributed by atoms with Crippen LogP contribution in [0.3, 0.4) is 0 Å². The molecular formula is C17H12F3N3O. The minimum atomic E-state index is -4.35. The van der Waals surface area contributed by atoms with Gasteiger partial charge in [-0.15, -0.1) is 0 Å². The predicted molar refractivity (Wildman–Crippen MR) is 84.6 cm³/mol. The standard InChI is InChI=1S/C17H12F3N3O/c18-17(19,20)13-7-4-12(5-8-13)6-9-14-11-16(24)23(22-14)15-3-1-2-10-21-15/h1-11,22H. The number of nitrogens with one attached hydrogen (secondary N) is 1. The summed E-state index contributed by atoms with van der Waals surface area (Å²) in [4.78, 5) is 16.0. The molecule has 0 amide bonds. The quantitative estimate of drug-likeness (QED) is 0.795. The van der Waals surface area contributed by atoms with Gasteiger partial charge in [0.1, 0.15) is 0 Å². The second-order valence-electron chi connectivity index (χ2n) is 5.03. The molecular weight excluding hydrogens is 319 g/mol. The van der Waals surface area contributed by atoms with Crippen molar-refractivity contribution in [2.24, 2.45) is 0 Å². The summed E-state index contributed by atoms with van der Waals surface area (Å²) in [6, 6.07) is 11.3. The third-order valence-corrected chi connectivity index (χ3v) is 3.31. The maximum atomic E-state index is 12.5. The Morgan fingerprint density at radius 1 is 1.04 bits per heavy atom. The molecule has 0 atom stereocenters. The summed E-state index contributed by atoms with van der Waals surface area (Å²) in [5.41, 5.74) is 0.134. The van der Waals surface area contributed by atoms with E-state index in [1.54, 1.807) is 36.5 Å². The van der Waals surface area contributed by atoms with Crippen LogP contribution in [0, 0.1) is 0 Å². The van der Waals surface area contributed by atoms with Gasteiger partial charge >= 0.3 is 6.18 Å². The van der Waals surface area contributed by atoms with Gasteiger partial charge in [0.25, 0.3) is 5.56 Å². The second kappa shape index (κ2) is 6.19. The molecule has 0 unspecified atom stereocenters. The van der Waals surface area contributed by atoms with E-state index in [4.69, 9.17) is 0 Å². The van der Waals surface area contributed by atoms with E-state index in [1.807, 2.05) is 0 Å². The molecule has 2 heterocycles. The Hall–Kier alpha value is -3.09. The normalized spacial score (nSPS) is 12.0. The molecule has 7 heteroatoms. The number of benzene rings is 1. The molecule has 1 aromatic carbocycles. The van der Waals surface area contributed by atoms with Gasteiger partial charge in [-0.1, -0.05) is 24.3 Å². The Bertz CT molecular complexity index is 907. The predicted octanol–water partition coefficient (Wildman–Crippen LogP) is 3.75. The van der Waals surface area contributed by atoms with Crippen LogP contribution in [-0.4, -0.2) is 14.8 Å². The zero-order valence-electron chi connectivity index (χ0n) is 12.3. The van der Waals surface area contributed by atoms with Gasteiger partial charge in [-0.25, -0.2) is 9.67 Å². The number of H-pyrrole nitrogens is 1. The molecule has 4 nitrogen and oxygen atoms in total. The lowest BCUT2D eigenvalue weighted by Gasteiger charge is -2.05. The number of alkyl halides is 3. The van der Waals surface area contributed by atoms with Gasteiger partial charge in [-0.3, -0.25) is 9.89 Å². The first-order valence-corrected chi connectivity index (χ1v) is 7.02. The lowest BCUT2D eigenvalue weighted by Crippen LogP contribution is -2.14. The van der Waals surface area contributed by atoms with Crippen LogP contribution in [0.25, 0.3) is 18.0 Å². The number of nitrogens with zero attached hydrogens (tertiary/aromatic N) is 2. The van der Waals surface area contributed by atoms with E-state index in [2.05, 4.69) is 10.1 Å². The van der Waals surface area contributed by atoms with E-state index in [0.717, 1.165) is 12.1 Å². The molecule has 0 saturated heterocycles. The highest BCUT2D eigenvalue weighted by molar-refractivity contribution is 5.68. The number of aromatic nitrogens is 3. The molecule has 0 fully saturated rings. The summed E-state index contributed by atoms with van der Waals surface area (Å²) in [5, 5.41) is 2.88. The van der Waals surface area contributed by atoms with Crippen molar-refractivity contribution in [3.63, 3.8) is 0 Å². The number of aromatic amines is 1. The average molecular weight is 331 g/mol. The monoisotopic (exact) mass is 331 g/mol. The van der Waals surface area contributed by atoms with Gasteiger partial charge in [-0.05, 0) is 35.9 Å². The van der Waals surface area contributed by atoms with E-state index in [-0.39, 0.29) is 5.56 Å². The van der Waals surface area contributed by atoms with Gasteiger partial charge in [-0.2, -0.15) is 13.2 Å². The summed E-state index contributed by atoms with van der Waals surface area (Å²) in [6.45, 7) is 0. The van der Waals surface area contributed by atoms with E-state index in [9.17, 15) is 18.0 Å². The minimum Gasteiger partial charge on any atom is -0.289 e. The number of halogens is 3. The van der Waals surface area contributed by atoms with E-state index in [0.29, 0.717) is 17.1 Å². The van der Waals surface area contributed by atoms with Crippen molar-refractivity contribution in [2.45, 2.75) is 6.18 Å². The van der Waals surface area contributed by atoms with Crippen LogP contribution in [0.2, 0.25) is 0 Å². The van der Waals surface area contributed by atoms with Crippen LogP contribution in [0.4, 0.5) is 13.2 Å². The van der Waals surface area contributed by atoms with Crippen LogP contribution < -0.4 is 5.56 Å². The second-order valence-corrected chi connectivity index (χ2v) is 5.03. The maximum absolute atomic E-state index is 12.5. The molecule has 3 aromatic rings. The highest BCUT2D eigenvalue weighted by Crippen LogP contribution is 2.29. The molecule has 2 aromatic heterocycles. The van der Waals surface area contributed by atoms with Crippen LogP contribution in [0.1, 0.15) is 16.8 Å². The Kier molecular flexibility index (Phi) is 4.07. The van der Waals surface area contributed by atoms with Crippen LogP contribution >= 0.6 is 0 Å². The first-order chi connectivity index (χ1) is 11.4. The Labute approximate surface area is 134 Å². The van der Waals surface area contributed by atoms with Crippen molar-refractivity contribution in [1.82, 2.24) is 14.8 Å². The first-order valence-electron chi connectivity index (χ1n) is 7.02. The van der Waals surface area contributed by atoms with E-state index in [1.165, 1.54) is 22.9 Å². The van der Waals surface area contributed by atoms with Gasteiger partial charge < -0.3 is 0 Å². The van der Waals surface area contributed by atoms with Crippen molar-refractivity contribution in [3.05, 3.63) is 81.9 Å². The maximum Gasteiger partial charge on any atom is 0.416 e. The Morgan fingerprint density at radius 2 is 1.79 bits per heavy atom. The molecule has 1 N–H and O–H groups in total. The van der Waals surface area contributed by atoms with E-state index >= 15 is 0 Å². The summed E-state index contributed by atoms with van der Waals surface area (Å²) in [6.07, 6.45) is 0.450. The van der Waals surface area contributed by atoms with Crippen LogP contribution in [-0.2, 0) is 6.18 Å². The highest BCUT2D eigenvalue weighted by Gasteiger charge is 2.29. The fraction of sp³-hybridized carbons (Fsp3) is 0.0588. The molecule has 24 heavy (non-hydrogen) atoms. The highest BCUT2D eigenvalue weighted by atomic mass is 19.4. The summed E-state index contributed by atoms with van der Waals surface area (Å²) in [5.74, 6) is 0.455. The van der Waals surface area contributed by atoms with Gasteiger partial charge in [0.05, 0.1) is 11.3 Å². The minimum absolute atomic E-state index is 0.277. The zero-order valence-corrected chi connectivity index (χ0v) is 12.3. The lowest BCUT2D eigenvalue weighted by molar-refractivity contribution is -0.137. The zero-order chi connectivity index (χ0) is 17.2.